The fourth-order valence-corrected chi connectivity index (χ4v) is 2.37. The van der Waals surface area contributed by atoms with Crippen molar-refractivity contribution in [3.8, 4) is 5.75 Å². The smallest absolute Gasteiger partial charge is 0.189 e. The van der Waals surface area contributed by atoms with Gasteiger partial charge >= 0.3 is 0 Å². The van der Waals surface area contributed by atoms with Crippen LogP contribution < -0.4 is 10.1 Å². The molecule has 4 nitrogen and oxygen atoms in total. The maximum atomic E-state index is 14.0. The van der Waals surface area contributed by atoms with E-state index in [2.05, 4.69) is 10.2 Å². The molecule has 0 radical (unpaired) electrons. The third-order valence-corrected chi connectivity index (χ3v) is 3.39. The molecule has 1 aromatic rings. The highest BCUT2D eigenvalue weighted by Gasteiger charge is 2.17. The van der Waals surface area contributed by atoms with Gasteiger partial charge in [-0.05, 0) is 12.1 Å². The number of nitrogens with one attached hydrogen (secondary N) is 1. The van der Waals surface area contributed by atoms with Crippen molar-refractivity contribution in [2.45, 2.75) is 13.2 Å². The van der Waals surface area contributed by atoms with E-state index in [0.717, 1.165) is 37.5 Å². The molecule has 1 fully saturated rings. The van der Waals surface area contributed by atoms with Gasteiger partial charge in [0.15, 0.2) is 6.79 Å². The van der Waals surface area contributed by atoms with E-state index < -0.39 is 0 Å². The normalized spacial score (nSPS) is 20.3. The molecule has 0 aliphatic carbocycles. The minimum Gasteiger partial charge on any atom is -0.467 e. The molecule has 0 atom stereocenters. The van der Waals surface area contributed by atoms with Gasteiger partial charge in [0.05, 0.1) is 6.61 Å². The molecule has 0 bridgehead atoms. The second kappa shape index (κ2) is 5.22. The summed E-state index contributed by atoms with van der Waals surface area (Å²) in [6.45, 7) is 5.19. The molecule has 3 rings (SSSR count). The predicted molar refractivity (Wildman–Crippen MR) is 64.8 cm³/mol. The van der Waals surface area contributed by atoms with Crippen molar-refractivity contribution in [2.24, 2.45) is 0 Å². The van der Waals surface area contributed by atoms with Crippen molar-refractivity contribution in [2.75, 3.05) is 33.0 Å². The van der Waals surface area contributed by atoms with Gasteiger partial charge in [0.1, 0.15) is 11.6 Å². The van der Waals surface area contributed by atoms with Gasteiger partial charge in [0, 0.05) is 43.9 Å². The Bertz CT molecular complexity index is 433. The molecule has 2 heterocycles. The van der Waals surface area contributed by atoms with Crippen LogP contribution in [0.3, 0.4) is 0 Å². The maximum absolute atomic E-state index is 14.0. The van der Waals surface area contributed by atoms with Crippen LogP contribution in [0.5, 0.6) is 5.75 Å². The summed E-state index contributed by atoms with van der Waals surface area (Å²) in [5.74, 6) is 0.592. The molecule has 0 aromatic heterocycles. The summed E-state index contributed by atoms with van der Waals surface area (Å²) in [7, 11) is 0. The monoisotopic (exact) mass is 252 g/mol. The van der Waals surface area contributed by atoms with Gasteiger partial charge in [0.2, 0.25) is 0 Å². The van der Waals surface area contributed by atoms with Crippen molar-refractivity contribution in [3.05, 3.63) is 29.1 Å². The van der Waals surface area contributed by atoms with Crippen LogP contribution >= 0.6 is 0 Å². The molecule has 0 amide bonds. The summed E-state index contributed by atoms with van der Waals surface area (Å²) >= 11 is 0. The van der Waals surface area contributed by atoms with Crippen molar-refractivity contribution < 1.29 is 13.9 Å². The average molecular weight is 252 g/mol. The predicted octanol–water partition coefficient (Wildman–Crippen LogP) is 1.10. The number of rotatable bonds is 2. The summed E-state index contributed by atoms with van der Waals surface area (Å²) in [6, 6.07) is 3.35. The number of fused-ring (bicyclic) bond motifs is 1. The minimum absolute atomic E-state index is 0.165. The summed E-state index contributed by atoms with van der Waals surface area (Å²) in [4.78, 5) is 2.25. The first kappa shape index (κ1) is 11.9. The van der Waals surface area contributed by atoms with Gasteiger partial charge in [-0.1, -0.05) is 0 Å². The lowest BCUT2D eigenvalue weighted by Gasteiger charge is -2.28. The van der Waals surface area contributed by atoms with Crippen LogP contribution in [-0.4, -0.2) is 37.9 Å². The summed E-state index contributed by atoms with van der Waals surface area (Å²) in [5.41, 5.74) is 1.50. The van der Waals surface area contributed by atoms with Crippen LogP contribution in [0.15, 0.2) is 12.1 Å². The van der Waals surface area contributed by atoms with E-state index in [4.69, 9.17) is 9.47 Å². The molecule has 0 spiro atoms. The Morgan fingerprint density at radius 3 is 2.94 bits per heavy atom. The molecule has 1 aromatic carbocycles. The van der Waals surface area contributed by atoms with E-state index >= 15 is 0 Å². The third kappa shape index (κ3) is 2.48. The number of piperazine rings is 1. The first-order valence-electron chi connectivity index (χ1n) is 6.28. The summed E-state index contributed by atoms with van der Waals surface area (Å²) in [6.07, 6.45) is 0. The fourth-order valence-electron chi connectivity index (χ4n) is 2.37. The SMILES string of the molecule is Fc1cc2c(cc1CN1CCNCC1)OCOC2. The largest absolute Gasteiger partial charge is 0.467 e. The number of benzene rings is 1. The highest BCUT2D eigenvalue weighted by Crippen LogP contribution is 2.27. The first-order valence-corrected chi connectivity index (χ1v) is 6.28. The zero-order chi connectivity index (χ0) is 12.4. The lowest BCUT2D eigenvalue weighted by molar-refractivity contribution is -0.0167. The van der Waals surface area contributed by atoms with Gasteiger partial charge in [-0.2, -0.15) is 0 Å². The second-order valence-electron chi connectivity index (χ2n) is 4.69. The Morgan fingerprint density at radius 1 is 1.28 bits per heavy atom. The standard InChI is InChI=1S/C13H17FN2O2/c14-12-5-11-8-17-9-18-13(11)6-10(12)7-16-3-1-15-2-4-16/h5-6,15H,1-4,7-9H2. The van der Waals surface area contributed by atoms with Crippen LogP contribution in [0.1, 0.15) is 11.1 Å². The molecule has 0 saturated carbocycles. The van der Waals surface area contributed by atoms with E-state index in [9.17, 15) is 4.39 Å². The van der Waals surface area contributed by atoms with Crippen LogP contribution in [0.2, 0.25) is 0 Å². The third-order valence-electron chi connectivity index (χ3n) is 3.39. The molecule has 98 valence electrons. The molecule has 2 aliphatic rings. The molecule has 1 saturated heterocycles. The van der Waals surface area contributed by atoms with Crippen LogP contribution in [0.4, 0.5) is 4.39 Å². The van der Waals surface area contributed by atoms with Gasteiger partial charge in [0.25, 0.3) is 0 Å². The highest BCUT2D eigenvalue weighted by molar-refractivity contribution is 5.38. The second-order valence-corrected chi connectivity index (χ2v) is 4.69. The minimum atomic E-state index is -0.165. The summed E-state index contributed by atoms with van der Waals surface area (Å²) < 4.78 is 24.5. The number of nitrogens with zero attached hydrogens (tertiary/aromatic N) is 1. The Kier molecular flexibility index (Phi) is 3.45. The molecule has 1 N–H and O–H groups in total. The van der Waals surface area contributed by atoms with Gasteiger partial charge in [-0.15, -0.1) is 0 Å². The number of ether oxygens (including phenoxy) is 2. The molecule has 18 heavy (non-hydrogen) atoms. The Labute approximate surface area is 106 Å². The van der Waals surface area contributed by atoms with E-state index in [-0.39, 0.29) is 12.6 Å². The van der Waals surface area contributed by atoms with Crippen LogP contribution in [0.25, 0.3) is 0 Å². The Morgan fingerprint density at radius 2 is 2.11 bits per heavy atom. The van der Waals surface area contributed by atoms with E-state index in [1.165, 1.54) is 6.07 Å². The Balaban J connectivity index is 1.78. The lowest BCUT2D eigenvalue weighted by Crippen LogP contribution is -2.43. The van der Waals surface area contributed by atoms with E-state index in [0.29, 0.717) is 18.7 Å². The zero-order valence-electron chi connectivity index (χ0n) is 10.2. The quantitative estimate of drug-likeness (QED) is 0.854. The lowest BCUT2D eigenvalue weighted by atomic mass is 10.1. The molecular formula is C13H17FN2O2. The van der Waals surface area contributed by atoms with Crippen molar-refractivity contribution in [1.29, 1.82) is 0 Å². The van der Waals surface area contributed by atoms with Crippen LogP contribution in [-0.2, 0) is 17.9 Å². The van der Waals surface area contributed by atoms with Crippen molar-refractivity contribution in [1.82, 2.24) is 10.2 Å². The van der Waals surface area contributed by atoms with Gasteiger partial charge < -0.3 is 14.8 Å². The van der Waals surface area contributed by atoms with Gasteiger partial charge in [-0.3, -0.25) is 4.90 Å². The molecule has 2 aliphatic heterocycles. The highest BCUT2D eigenvalue weighted by atomic mass is 19.1. The van der Waals surface area contributed by atoms with Crippen LogP contribution in [0, 0.1) is 5.82 Å². The van der Waals surface area contributed by atoms with E-state index in [1.807, 2.05) is 6.07 Å². The topological polar surface area (TPSA) is 33.7 Å². The molecule has 0 unspecified atom stereocenters. The van der Waals surface area contributed by atoms with E-state index in [1.54, 1.807) is 0 Å². The van der Waals surface area contributed by atoms with Gasteiger partial charge in [-0.25, -0.2) is 4.39 Å². The average Bonchev–Trinajstić information content (AvgIpc) is 2.41. The number of hydrogen-bond acceptors (Lipinski definition) is 4. The number of hydrogen-bond donors (Lipinski definition) is 1. The fraction of sp³-hybridized carbons (Fsp3) is 0.538. The Hall–Kier alpha value is -1.17. The molecular weight excluding hydrogens is 235 g/mol. The van der Waals surface area contributed by atoms with Crippen molar-refractivity contribution >= 4 is 0 Å². The number of halogens is 1. The van der Waals surface area contributed by atoms with Crippen molar-refractivity contribution in [3.63, 3.8) is 0 Å². The maximum Gasteiger partial charge on any atom is 0.189 e. The molecule has 5 heteroatoms. The first-order chi connectivity index (χ1) is 8.83. The zero-order valence-corrected chi connectivity index (χ0v) is 10.2. The summed E-state index contributed by atoms with van der Waals surface area (Å²) in [5, 5.41) is 3.29.